The van der Waals surface area contributed by atoms with Crippen LogP contribution in [0.3, 0.4) is 0 Å². The number of phenols is 1. The highest BCUT2D eigenvalue weighted by molar-refractivity contribution is 6.30. The van der Waals surface area contributed by atoms with Crippen molar-refractivity contribution < 1.29 is 14.3 Å². The number of amides is 1. The van der Waals surface area contributed by atoms with E-state index in [2.05, 4.69) is 5.32 Å². The minimum absolute atomic E-state index is 0.0126. The molecule has 0 spiro atoms. The molecule has 6 heteroatoms. The lowest BCUT2D eigenvalue weighted by Gasteiger charge is -2.12. The first kappa shape index (κ1) is 15.3. The SMILES string of the molecule is N[C@@H](Cc1ccc(O)cc1)C(=O)Nc1ccc(Cl)c(F)c1. The molecule has 1 amide bonds. The van der Waals surface area contributed by atoms with Crippen molar-refractivity contribution in [2.24, 2.45) is 5.73 Å². The monoisotopic (exact) mass is 308 g/mol. The van der Waals surface area contributed by atoms with Crippen molar-refractivity contribution >= 4 is 23.2 Å². The van der Waals surface area contributed by atoms with Gasteiger partial charge in [-0.3, -0.25) is 4.79 Å². The Morgan fingerprint density at radius 3 is 2.57 bits per heavy atom. The second-order valence-electron chi connectivity index (χ2n) is 4.60. The van der Waals surface area contributed by atoms with Gasteiger partial charge in [0, 0.05) is 5.69 Å². The number of nitrogens with one attached hydrogen (secondary N) is 1. The van der Waals surface area contributed by atoms with Crippen LogP contribution in [-0.2, 0) is 11.2 Å². The molecule has 4 N–H and O–H groups in total. The highest BCUT2D eigenvalue weighted by Crippen LogP contribution is 2.19. The molecular formula is C15H14ClFN2O2. The van der Waals surface area contributed by atoms with E-state index in [9.17, 15) is 14.3 Å². The Morgan fingerprint density at radius 2 is 1.95 bits per heavy atom. The van der Waals surface area contributed by atoms with Gasteiger partial charge in [0.25, 0.3) is 0 Å². The Labute approximate surface area is 126 Å². The van der Waals surface area contributed by atoms with Crippen molar-refractivity contribution in [3.8, 4) is 5.75 Å². The van der Waals surface area contributed by atoms with Crippen molar-refractivity contribution in [3.05, 3.63) is 58.9 Å². The summed E-state index contributed by atoms with van der Waals surface area (Å²) in [5.41, 5.74) is 6.92. The molecule has 0 saturated heterocycles. The maximum Gasteiger partial charge on any atom is 0.241 e. The fourth-order valence-corrected chi connectivity index (χ4v) is 1.91. The topological polar surface area (TPSA) is 75.3 Å². The maximum absolute atomic E-state index is 13.3. The molecule has 0 aliphatic carbocycles. The zero-order valence-corrected chi connectivity index (χ0v) is 11.8. The van der Waals surface area contributed by atoms with E-state index in [4.69, 9.17) is 17.3 Å². The Morgan fingerprint density at radius 1 is 1.29 bits per heavy atom. The van der Waals surface area contributed by atoms with Crippen LogP contribution >= 0.6 is 11.6 Å². The van der Waals surface area contributed by atoms with Gasteiger partial charge >= 0.3 is 0 Å². The molecule has 2 aromatic rings. The normalized spacial score (nSPS) is 12.0. The number of carbonyl (C=O) groups excluding carboxylic acids is 1. The Bertz CT molecular complexity index is 647. The molecule has 0 aliphatic rings. The summed E-state index contributed by atoms with van der Waals surface area (Å²) in [6.07, 6.45) is 0.308. The number of rotatable bonds is 4. The molecule has 0 aliphatic heterocycles. The summed E-state index contributed by atoms with van der Waals surface area (Å²) >= 11 is 5.57. The minimum atomic E-state index is -0.784. The van der Waals surface area contributed by atoms with Gasteiger partial charge in [-0.05, 0) is 42.3 Å². The Kier molecular flexibility index (Phi) is 4.77. The lowest BCUT2D eigenvalue weighted by atomic mass is 10.1. The van der Waals surface area contributed by atoms with Gasteiger partial charge in [-0.1, -0.05) is 23.7 Å². The van der Waals surface area contributed by atoms with E-state index in [1.54, 1.807) is 12.1 Å². The smallest absolute Gasteiger partial charge is 0.241 e. The predicted octanol–water partition coefficient (Wildman–Crippen LogP) is 2.69. The van der Waals surface area contributed by atoms with Gasteiger partial charge < -0.3 is 16.2 Å². The number of halogens is 2. The molecule has 0 heterocycles. The molecule has 0 fully saturated rings. The fraction of sp³-hybridized carbons (Fsp3) is 0.133. The highest BCUT2D eigenvalue weighted by Gasteiger charge is 2.15. The van der Waals surface area contributed by atoms with Crippen LogP contribution in [0.5, 0.6) is 5.75 Å². The van der Waals surface area contributed by atoms with Crippen LogP contribution in [0.15, 0.2) is 42.5 Å². The largest absolute Gasteiger partial charge is 0.508 e. The number of aromatic hydroxyl groups is 1. The van der Waals surface area contributed by atoms with Crippen LogP contribution in [0.2, 0.25) is 5.02 Å². The molecular weight excluding hydrogens is 295 g/mol. The summed E-state index contributed by atoms with van der Waals surface area (Å²) in [4.78, 5) is 11.9. The van der Waals surface area contributed by atoms with Crippen molar-refractivity contribution in [2.45, 2.75) is 12.5 Å². The fourth-order valence-electron chi connectivity index (χ4n) is 1.79. The summed E-state index contributed by atoms with van der Waals surface area (Å²) in [5.74, 6) is -0.889. The average Bonchev–Trinajstić information content (AvgIpc) is 2.45. The van der Waals surface area contributed by atoms with Gasteiger partial charge in [0.05, 0.1) is 11.1 Å². The van der Waals surface area contributed by atoms with Gasteiger partial charge in [0.15, 0.2) is 0 Å². The lowest BCUT2D eigenvalue weighted by Crippen LogP contribution is -2.37. The van der Waals surface area contributed by atoms with Gasteiger partial charge in [0.2, 0.25) is 5.91 Å². The Hall–Kier alpha value is -2.11. The Balaban J connectivity index is 1.98. The molecule has 21 heavy (non-hydrogen) atoms. The molecule has 110 valence electrons. The van der Waals surface area contributed by atoms with Gasteiger partial charge in [-0.2, -0.15) is 0 Å². The van der Waals surface area contributed by atoms with E-state index in [1.165, 1.54) is 24.3 Å². The summed E-state index contributed by atoms with van der Waals surface area (Å²) in [6, 6.07) is 9.62. The molecule has 2 aromatic carbocycles. The van der Waals surface area contributed by atoms with Crippen LogP contribution in [0.4, 0.5) is 10.1 Å². The molecule has 4 nitrogen and oxygen atoms in total. The van der Waals surface area contributed by atoms with Crippen molar-refractivity contribution in [1.82, 2.24) is 0 Å². The van der Waals surface area contributed by atoms with Crippen molar-refractivity contribution in [3.63, 3.8) is 0 Å². The third-order valence-electron chi connectivity index (χ3n) is 2.92. The third-order valence-corrected chi connectivity index (χ3v) is 3.22. The van der Waals surface area contributed by atoms with Crippen molar-refractivity contribution in [2.75, 3.05) is 5.32 Å². The van der Waals surface area contributed by atoms with Crippen LogP contribution in [0.1, 0.15) is 5.56 Å². The van der Waals surface area contributed by atoms with E-state index in [0.717, 1.165) is 11.6 Å². The molecule has 0 aromatic heterocycles. The predicted molar refractivity (Wildman–Crippen MR) is 79.8 cm³/mol. The number of benzene rings is 2. The standard InChI is InChI=1S/C15H14ClFN2O2/c16-12-6-3-10(8-13(12)17)19-15(21)14(18)7-9-1-4-11(20)5-2-9/h1-6,8,14,20H,7,18H2,(H,19,21)/t14-/m0/s1. The minimum Gasteiger partial charge on any atom is -0.508 e. The van der Waals surface area contributed by atoms with Crippen LogP contribution < -0.4 is 11.1 Å². The summed E-state index contributed by atoms with van der Waals surface area (Å²) in [7, 11) is 0. The zero-order chi connectivity index (χ0) is 15.4. The molecule has 0 bridgehead atoms. The van der Waals surface area contributed by atoms with E-state index in [1.807, 2.05) is 0 Å². The van der Waals surface area contributed by atoms with Crippen LogP contribution in [0.25, 0.3) is 0 Å². The van der Waals surface area contributed by atoms with Crippen LogP contribution in [0, 0.1) is 5.82 Å². The molecule has 0 saturated carbocycles. The lowest BCUT2D eigenvalue weighted by molar-refractivity contribution is -0.117. The van der Waals surface area contributed by atoms with Crippen molar-refractivity contribution in [1.29, 1.82) is 0 Å². The number of anilines is 1. The van der Waals surface area contributed by atoms with E-state index in [0.29, 0.717) is 12.1 Å². The molecule has 2 rings (SSSR count). The van der Waals surface area contributed by atoms with E-state index < -0.39 is 17.8 Å². The molecule has 0 radical (unpaired) electrons. The maximum atomic E-state index is 13.3. The van der Waals surface area contributed by atoms with Gasteiger partial charge in [0.1, 0.15) is 11.6 Å². The summed E-state index contributed by atoms with van der Waals surface area (Å²) < 4.78 is 13.3. The second-order valence-corrected chi connectivity index (χ2v) is 5.00. The average molecular weight is 309 g/mol. The van der Waals surface area contributed by atoms with Crippen LogP contribution in [-0.4, -0.2) is 17.1 Å². The zero-order valence-electron chi connectivity index (χ0n) is 11.0. The van der Waals surface area contributed by atoms with Gasteiger partial charge in [-0.25, -0.2) is 4.39 Å². The van der Waals surface area contributed by atoms with E-state index in [-0.39, 0.29) is 10.8 Å². The summed E-state index contributed by atoms with van der Waals surface area (Å²) in [5, 5.41) is 11.7. The first-order valence-electron chi connectivity index (χ1n) is 6.25. The first-order valence-corrected chi connectivity index (χ1v) is 6.63. The summed E-state index contributed by atoms with van der Waals surface area (Å²) in [6.45, 7) is 0. The molecule has 1 atom stereocenters. The first-order chi connectivity index (χ1) is 9.95. The number of carbonyl (C=O) groups is 1. The molecule has 0 unspecified atom stereocenters. The van der Waals surface area contributed by atoms with Gasteiger partial charge in [-0.15, -0.1) is 0 Å². The van der Waals surface area contributed by atoms with E-state index >= 15 is 0 Å². The number of phenolic OH excluding ortho intramolecular Hbond substituents is 1. The number of hydrogen-bond acceptors (Lipinski definition) is 3. The number of nitrogens with two attached hydrogens (primary N) is 1. The second kappa shape index (κ2) is 6.56. The third kappa shape index (κ3) is 4.18. The quantitative estimate of drug-likeness (QED) is 0.813. The highest BCUT2D eigenvalue weighted by atomic mass is 35.5. The number of hydrogen-bond donors (Lipinski definition) is 3.